The summed E-state index contributed by atoms with van der Waals surface area (Å²) in [7, 11) is -2.90. The Morgan fingerprint density at radius 2 is 1.81 bits per heavy atom. The molecule has 3 aromatic carbocycles. The molecule has 0 atom stereocenters. The van der Waals surface area contributed by atoms with E-state index in [0.29, 0.717) is 11.4 Å². The molecule has 1 aliphatic carbocycles. The van der Waals surface area contributed by atoms with Crippen molar-refractivity contribution in [1.82, 2.24) is 4.98 Å². The SMILES string of the molecule is COc1cc(C(=O)O)c(F)cc1NS(=O)(=O)c1ccc2sc(-c3ccc(C4CCCCC4)cc3)nc2c1. The molecule has 192 valence electrons. The Kier molecular flexibility index (Phi) is 6.87. The quantitative estimate of drug-likeness (QED) is 0.272. The first-order valence-corrected chi connectivity index (χ1v) is 14.2. The van der Waals surface area contributed by atoms with Gasteiger partial charge in [0.1, 0.15) is 16.6 Å². The highest BCUT2D eigenvalue weighted by Crippen LogP contribution is 2.36. The molecular formula is C27H25FN2O5S2. The molecule has 0 aliphatic heterocycles. The number of aromatic carboxylic acids is 1. The summed E-state index contributed by atoms with van der Waals surface area (Å²) < 4.78 is 48.6. The second-order valence-corrected chi connectivity index (χ2v) is 11.8. The Balaban J connectivity index is 1.41. The molecule has 5 rings (SSSR count). The lowest BCUT2D eigenvalue weighted by Crippen LogP contribution is -2.14. The predicted molar refractivity (Wildman–Crippen MR) is 142 cm³/mol. The summed E-state index contributed by atoms with van der Waals surface area (Å²) in [5, 5.41) is 9.90. The zero-order valence-electron chi connectivity index (χ0n) is 20.0. The summed E-state index contributed by atoms with van der Waals surface area (Å²) in [5.74, 6) is -2.07. The van der Waals surface area contributed by atoms with E-state index in [2.05, 4.69) is 34.0 Å². The molecule has 0 spiro atoms. The number of carboxylic acids is 1. The van der Waals surface area contributed by atoms with E-state index in [0.717, 1.165) is 27.4 Å². The standard InChI is InChI=1S/C27H25FN2O5S2/c1-35-24-14-20(27(31)32)21(28)15-22(24)30-37(33,34)19-11-12-25-23(13-19)29-26(36-25)18-9-7-17(8-10-18)16-5-3-2-4-6-16/h7-16,30H,2-6H2,1H3,(H,31,32). The van der Waals surface area contributed by atoms with Crippen LogP contribution in [0.15, 0.2) is 59.5 Å². The molecule has 1 saturated carbocycles. The number of nitrogens with zero attached hydrogens (tertiary/aromatic N) is 1. The number of thiazole rings is 1. The van der Waals surface area contributed by atoms with E-state index in [9.17, 15) is 17.6 Å². The highest BCUT2D eigenvalue weighted by Gasteiger charge is 2.22. The average molecular weight is 541 g/mol. The zero-order chi connectivity index (χ0) is 26.2. The number of halogens is 1. The van der Waals surface area contributed by atoms with Gasteiger partial charge in [-0.25, -0.2) is 22.6 Å². The van der Waals surface area contributed by atoms with Gasteiger partial charge in [0.05, 0.1) is 33.5 Å². The van der Waals surface area contributed by atoms with E-state index in [-0.39, 0.29) is 16.3 Å². The molecular weight excluding hydrogens is 515 g/mol. The Morgan fingerprint density at radius 3 is 2.49 bits per heavy atom. The molecule has 1 heterocycles. The second-order valence-electron chi connectivity index (χ2n) is 9.05. The van der Waals surface area contributed by atoms with Gasteiger partial charge in [0.15, 0.2) is 0 Å². The van der Waals surface area contributed by atoms with Crippen LogP contribution in [0.2, 0.25) is 0 Å². The normalized spacial score (nSPS) is 14.5. The number of ether oxygens (including phenoxy) is 1. The molecule has 0 saturated heterocycles. The summed E-state index contributed by atoms with van der Waals surface area (Å²) in [6.07, 6.45) is 6.33. The largest absolute Gasteiger partial charge is 0.495 e. The van der Waals surface area contributed by atoms with Gasteiger partial charge in [-0.1, -0.05) is 43.5 Å². The number of rotatable bonds is 7. The Morgan fingerprint density at radius 1 is 1.08 bits per heavy atom. The summed E-state index contributed by atoms with van der Waals surface area (Å²) >= 11 is 1.48. The third-order valence-corrected chi connectivity index (χ3v) is 9.12. The number of anilines is 1. The van der Waals surface area contributed by atoms with Crippen LogP contribution >= 0.6 is 11.3 Å². The fourth-order valence-electron chi connectivity index (χ4n) is 4.70. The number of hydrogen-bond acceptors (Lipinski definition) is 6. The van der Waals surface area contributed by atoms with Crippen LogP contribution in [0.25, 0.3) is 20.8 Å². The first-order chi connectivity index (χ1) is 17.7. The van der Waals surface area contributed by atoms with Crippen molar-refractivity contribution in [2.24, 2.45) is 0 Å². The van der Waals surface area contributed by atoms with Crippen molar-refractivity contribution in [3.63, 3.8) is 0 Å². The monoisotopic (exact) mass is 540 g/mol. The van der Waals surface area contributed by atoms with Crippen molar-refractivity contribution in [1.29, 1.82) is 0 Å². The summed E-state index contributed by atoms with van der Waals surface area (Å²) in [6.45, 7) is 0. The van der Waals surface area contributed by atoms with Crippen LogP contribution in [0.5, 0.6) is 5.75 Å². The highest BCUT2D eigenvalue weighted by atomic mass is 32.2. The first kappa shape index (κ1) is 25.2. The number of aromatic nitrogens is 1. The van der Waals surface area contributed by atoms with Crippen molar-refractivity contribution in [2.45, 2.75) is 42.9 Å². The predicted octanol–water partition coefficient (Wildman–Crippen LogP) is 6.66. The van der Waals surface area contributed by atoms with Crippen LogP contribution in [0.4, 0.5) is 10.1 Å². The Labute approximate surface area is 218 Å². The van der Waals surface area contributed by atoms with E-state index in [4.69, 9.17) is 9.84 Å². The number of hydrogen-bond donors (Lipinski definition) is 2. The molecule has 1 aliphatic rings. The smallest absolute Gasteiger partial charge is 0.338 e. The van der Waals surface area contributed by atoms with E-state index in [1.807, 2.05) is 0 Å². The molecule has 1 aromatic heterocycles. The molecule has 10 heteroatoms. The van der Waals surface area contributed by atoms with Crippen molar-refractivity contribution in [2.75, 3.05) is 11.8 Å². The van der Waals surface area contributed by atoms with Gasteiger partial charge in [0.25, 0.3) is 10.0 Å². The minimum absolute atomic E-state index is 0.0609. The molecule has 7 nitrogen and oxygen atoms in total. The van der Waals surface area contributed by atoms with Gasteiger partial charge in [0.2, 0.25) is 0 Å². The van der Waals surface area contributed by atoms with Crippen molar-refractivity contribution in [3.8, 4) is 16.3 Å². The number of carbonyl (C=O) groups is 1. The van der Waals surface area contributed by atoms with Crippen LogP contribution in [-0.4, -0.2) is 31.6 Å². The van der Waals surface area contributed by atoms with Gasteiger partial charge in [-0.05, 0) is 48.6 Å². The molecule has 0 bridgehead atoms. The number of fused-ring (bicyclic) bond motifs is 1. The number of benzene rings is 3. The van der Waals surface area contributed by atoms with Crippen molar-refractivity contribution in [3.05, 3.63) is 71.5 Å². The van der Waals surface area contributed by atoms with E-state index >= 15 is 0 Å². The van der Waals surface area contributed by atoms with E-state index < -0.39 is 27.4 Å². The lowest BCUT2D eigenvalue weighted by atomic mass is 9.84. The Hall–Kier alpha value is -3.50. The molecule has 37 heavy (non-hydrogen) atoms. The van der Waals surface area contributed by atoms with Gasteiger partial charge < -0.3 is 9.84 Å². The lowest BCUT2D eigenvalue weighted by Gasteiger charge is -2.21. The van der Waals surface area contributed by atoms with Crippen LogP contribution in [0.1, 0.15) is 53.9 Å². The molecule has 0 amide bonds. The fraction of sp³-hybridized carbons (Fsp3) is 0.259. The van der Waals surface area contributed by atoms with Crippen molar-refractivity contribution >= 4 is 43.2 Å². The third kappa shape index (κ3) is 5.17. The maximum atomic E-state index is 14.2. The molecule has 1 fully saturated rings. The minimum atomic E-state index is -4.14. The molecule has 4 aromatic rings. The summed E-state index contributed by atoms with van der Waals surface area (Å²) in [5.41, 5.74) is 2.03. The first-order valence-electron chi connectivity index (χ1n) is 11.9. The average Bonchev–Trinajstić information content (AvgIpc) is 3.33. The Bertz CT molecular complexity index is 1580. The van der Waals surface area contributed by atoms with Gasteiger partial charge in [-0.15, -0.1) is 11.3 Å². The van der Waals surface area contributed by atoms with E-state index in [1.54, 1.807) is 6.07 Å². The third-order valence-electron chi connectivity index (χ3n) is 6.67. The molecule has 0 unspecified atom stereocenters. The number of carboxylic acid groups (broad SMARTS) is 1. The summed E-state index contributed by atoms with van der Waals surface area (Å²) in [4.78, 5) is 15.8. The maximum absolute atomic E-state index is 14.2. The maximum Gasteiger partial charge on any atom is 0.338 e. The summed E-state index contributed by atoms with van der Waals surface area (Å²) in [6, 6.07) is 14.8. The van der Waals surface area contributed by atoms with Gasteiger partial charge >= 0.3 is 5.97 Å². The minimum Gasteiger partial charge on any atom is -0.495 e. The topological polar surface area (TPSA) is 106 Å². The van der Waals surface area contributed by atoms with Gasteiger partial charge in [-0.3, -0.25) is 4.72 Å². The molecule has 2 N–H and O–H groups in total. The second kappa shape index (κ2) is 10.1. The fourth-order valence-corrected chi connectivity index (χ4v) is 6.73. The molecule has 0 radical (unpaired) electrons. The van der Waals surface area contributed by atoms with Crippen molar-refractivity contribution < 1.29 is 27.4 Å². The van der Waals surface area contributed by atoms with Gasteiger partial charge in [-0.2, -0.15) is 0 Å². The number of methoxy groups -OCH3 is 1. The van der Waals surface area contributed by atoms with E-state index in [1.165, 1.54) is 68.2 Å². The van der Waals surface area contributed by atoms with Crippen LogP contribution in [0.3, 0.4) is 0 Å². The lowest BCUT2D eigenvalue weighted by molar-refractivity contribution is 0.0691. The van der Waals surface area contributed by atoms with Crippen LogP contribution < -0.4 is 9.46 Å². The van der Waals surface area contributed by atoms with Crippen LogP contribution in [-0.2, 0) is 10.0 Å². The number of sulfonamides is 1. The highest BCUT2D eigenvalue weighted by molar-refractivity contribution is 7.92. The van der Waals surface area contributed by atoms with Gasteiger partial charge in [0, 0.05) is 11.6 Å². The zero-order valence-corrected chi connectivity index (χ0v) is 21.7. The number of nitrogens with one attached hydrogen (secondary N) is 1. The van der Waals surface area contributed by atoms with Crippen LogP contribution in [0, 0.1) is 5.82 Å².